The van der Waals surface area contributed by atoms with Crippen LogP contribution in [0.25, 0.3) is 0 Å². The van der Waals surface area contributed by atoms with Crippen molar-refractivity contribution < 1.29 is 9.53 Å². The molecule has 0 atom stereocenters. The molecule has 0 bridgehead atoms. The molecule has 6 heteroatoms. The fourth-order valence-corrected chi connectivity index (χ4v) is 3.17. The van der Waals surface area contributed by atoms with E-state index in [9.17, 15) is 4.79 Å². The van der Waals surface area contributed by atoms with Crippen LogP contribution in [-0.2, 0) is 4.79 Å². The number of amides is 1. The van der Waals surface area contributed by atoms with Gasteiger partial charge in [0.25, 0.3) is 5.91 Å². The van der Waals surface area contributed by atoms with E-state index in [1.807, 2.05) is 32.0 Å². The van der Waals surface area contributed by atoms with Crippen molar-refractivity contribution in [1.29, 1.82) is 0 Å². The van der Waals surface area contributed by atoms with Gasteiger partial charge in [0.2, 0.25) is 0 Å². The SMILES string of the molecule is COc1ccc(/C=N\NC(=O)CNc2c(C)cc(C)cc2C)cc1Br. The highest BCUT2D eigenvalue weighted by molar-refractivity contribution is 9.10. The zero-order valence-corrected chi connectivity index (χ0v) is 16.4. The molecule has 25 heavy (non-hydrogen) atoms. The fraction of sp³-hybridized carbons (Fsp3) is 0.263. The van der Waals surface area contributed by atoms with Gasteiger partial charge in [-0.3, -0.25) is 4.79 Å². The van der Waals surface area contributed by atoms with E-state index in [4.69, 9.17) is 4.74 Å². The molecule has 0 aliphatic heterocycles. The molecular weight excluding hydrogens is 382 g/mol. The van der Waals surface area contributed by atoms with Crippen LogP contribution in [0.15, 0.2) is 39.9 Å². The van der Waals surface area contributed by atoms with E-state index < -0.39 is 0 Å². The normalized spacial score (nSPS) is 10.8. The van der Waals surface area contributed by atoms with Crippen molar-refractivity contribution in [3.63, 3.8) is 0 Å². The van der Waals surface area contributed by atoms with Crippen LogP contribution in [0.2, 0.25) is 0 Å². The highest BCUT2D eigenvalue weighted by Gasteiger charge is 2.06. The maximum absolute atomic E-state index is 11.9. The van der Waals surface area contributed by atoms with Gasteiger partial charge in [0, 0.05) is 5.69 Å². The van der Waals surface area contributed by atoms with E-state index >= 15 is 0 Å². The van der Waals surface area contributed by atoms with Gasteiger partial charge in [0.1, 0.15) is 5.75 Å². The van der Waals surface area contributed by atoms with Gasteiger partial charge in [-0.25, -0.2) is 5.43 Å². The summed E-state index contributed by atoms with van der Waals surface area (Å²) < 4.78 is 6.00. The summed E-state index contributed by atoms with van der Waals surface area (Å²) in [6.07, 6.45) is 1.59. The summed E-state index contributed by atoms with van der Waals surface area (Å²) in [7, 11) is 1.61. The quantitative estimate of drug-likeness (QED) is 0.566. The van der Waals surface area contributed by atoms with Crippen LogP contribution in [0.4, 0.5) is 5.69 Å². The number of ether oxygens (including phenoxy) is 1. The predicted molar refractivity (Wildman–Crippen MR) is 106 cm³/mol. The largest absolute Gasteiger partial charge is 0.496 e. The van der Waals surface area contributed by atoms with E-state index in [1.54, 1.807) is 13.3 Å². The van der Waals surface area contributed by atoms with Gasteiger partial charge in [-0.05, 0) is 71.6 Å². The molecule has 2 aromatic carbocycles. The van der Waals surface area contributed by atoms with E-state index in [1.165, 1.54) is 5.56 Å². The summed E-state index contributed by atoms with van der Waals surface area (Å²) in [5, 5.41) is 7.15. The number of anilines is 1. The second-order valence-electron chi connectivity index (χ2n) is 5.81. The number of benzene rings is 2. The minimum atomic E-state index is -0.205. The average Bonchev–Trinajstić information content (AvgIpc) is 2.54. The Hall–Kier alpha value is -2.34. The Labute approximate surface area is 156 Å². The first-order chi connectivity index (χ1) is 11.9. The molecule has 2 rings (SSSR count). The number of hydrogen-bond donors (Lipinski definition) is 2. The summed E-state index contributed by atoms with van der Waals surface area (Å²) >= 11 is 3.41. The van der Waals surface area contributed by atoms with Crippen LogP contribution in [0, 0.1) is 20.8 Å². The Balaban J connectivity index is 1.90. The highest BCUT2D eigenvalue weighted by Crippen LogP contribution is 2.24. The zero-order valence-electron chi connectivity index (χ0n) is 14.8. The number of nitrogens with zero attached hydrogens (tertiary/aromatic N) is 1. The number of rotatable bonds is 6. The Morgan fingerprint density at radius 1 is 1.20 bits per heavy atom. The molecule has 0 unspecified atom stereocenters. The minimum Gasteiger partial charge on any atom is -0.496 e. The molecule has 0 saturated heterocycles. The smallest absolute Gasteiger partial charge is 0.259 e. The molecule has 0 spiro atoms. The van der Waals surface area contributed by atoms with Crippen molar-refractivity contribution in [2.24, 2.45) is 5.10 Å². The first-order valence-electron chi connectivity index (χ1n) is 7.88. The molecule has 0 aliphatic carbocycles. The number of aryl methyl sites for hydroxylation is 3. The Kier molecular flexibility index (Phi) is 6.58. The minimum absolute atomic E-state index is 0.161. The molecule has 2 N–H and O–H groups in total. The van der Waals surface area contributed by atoms with Crippen molar-refractivity contribution in [2.45, 2.75) is 20.8 Å². The lowest BCUT2D eigenvalue weighted by molar-refractivity contribution is -0.119. The van der Waals surface area contributed by atoms with Crippen LogP contribution < -0.4 is 15.5 Å². The Morgan fingerprint density at radius 2 is 1.88 bits per heavy atom. The van der Waals surface area contributed by atoms with Crippen LogP contribution in [0.1, 0.15) is 22.3 Å². The number of carbonyl (C=O) groups is 1. The maximum atomic E-state index is 11.9. The van der Waals surface area contributed by atoms with E-state index in [2.05, 4.69) is 50.8 Å². The summed E-state index contributed by atoms with van der Waals surface area (Å²) in [6, 6.07) is 9.74. The molecule has 0 fully saturated rings. The van der Waals surface area contributed by atoms with Crippen LogP contribution in [-0.4, -0.2) is 25.8 Å². The number of nitrogens with one attached hydrogen (secondary N) is 2. The average molecular weight is 404 g/mol. The third kappa shape index (κ3) is 5.32. The lowest BCUT2D eigenvalue weighted by Gasteiger charge is -2.13. The van der Waals surface area contributed by atoms with Crippen LogP contribution in [0.5, 0.6) is 5.75 Å². The molecule has 1 amide bonds. The molecular formula is C19H22BrN3O2. The number of halogens is 1. The maximum Gasteiger partial charge on any atom is 0.259 e. The third-order valence-corrected chi connectivity index (χ3v) is 4.30. The molecule has 0 aromatic heterocycles. The Bertz CT molecular complexity index is 780. The van der Waals surface area contributed by atoms with Crippen molar-refractivity contribution >= 4 is 33.7 Å². The zero-order chi connectivity index (χ0) is 18.4. The van der Waals surface area contributed by atoms with Crippen molar-refractivity contribution in [3.05, 3.63) is 57.1 Å². The summed E-state index contributed by atoms with van der Waals surface area (Å²) in [5.74, 6) is 0.539. The standard InChI is InChI=1S/C19H22BrN3O2/c1-12-7-13(2)19(14(3)8-12)21-11-18(24)23-22-10-15-5-6-17(25-4)16(20)9-15/h5-10,21H,11H2,1-4H3,(H,23,24)/b22-10-. The van der Waals surface area contributed by atoms with E-state index in [0.29, 0.717) is 0 Å². The second-order valence-corrected chi connectivity index (χ2v) is 6.67. The molecule has 0 aliphatic rings. The van der Waals surface area contributed by atoms with Gasteiger partial charge in [-0.2, -0.15) is 5.10 Å². The number of hydrogen-bond acceptors (Lipinski definition) is 4. The lowest BCUT2D eigenvalue weighted by atomic mass is 10.1. The third-order valence-electron chi connectivity index (χ3n) is 3.68. The van der Waals surface area contributed by atoms with Gasteiger partial charge in [0.15, 0.2) is 0 Å². The summed E-state index contributed by atoms with van der Waals surface area (Å²) in [4.78, 5) is 11.9. The van der Waals surface area contributed by atoms with Gasteiger partial charge < -0.3 is 10.1 Å². The summed E-state index contributed by atoms with van der Waals surface area (Å²) in [5.41, 5.74) is 7.82. The van der Waals surface area contributed by atoms with Crippen molar-refractivity contribution in [2.75, 3.05) is 19.0 Å². The van der Waals surface area contributed by atoms with Crippen LogP contribution >= 0.6 is 15.9 Å². The number of carbonyl (C=O) groups excluding carboxylic acids is 1. The summed E-state index contributed by atoms with van der Waals surface area (Å²) in [6.45, 7) is 6.27. The van der Waals surface area contributed by atoms with Crippen molar-refractivity contribution in [1.82, 2.24) is 5.43 Å². The van der Waals surface area contributed by atoms with Crippen LogP contribution in [0.3, 0.4) is 0 Å². The van der Waals surface area contributed by atoms with Gasteiger partial charge in [-0.1, -0.05) is 17.7 Å². The number of methoxy groups -OCH3 is 1. The second kappa shape index (κ2) is 8.67. The molecule has 0 radical (unpaired) electrons. The lowest BCUT2D eigenvalue weighted by Crippen LogP contribution is -2.26. The van der Waals surface area contributed by atoms with Gasteiger partial charge in [-0.15, -0.1) is 0 Å². The first-order valence-corrected chi connectivity index (χ1v) is 8.67. The Morgan fingerprint density at radius 3 is 2.48 bits per heavy atom. The molecule has 5 nitrogen and oxygen atoms in total. The van der Waals surface area contributed by atoms with E-state index in [-0.39, 0.29) is 12.5 Å². The van der Waals surface area contributed by atoms with Crippen molar-refractivity contribution in [3.8, 4) is 5.75 Å². The highest BCUT2D eigenvalue weighted by atomic mass is 79.9. The molecule has 2 aromatic rings. The monoisotopic (exact) mass is 403 g/mol. The van der Waals surface area contributed by atoms with Gasteiger partial charge >= 0.3 is 0 Å². The first kappa shape index (κ1) is 19.0. The number of hydrazone groups is 1. The topological polar surface area (TPSA) is 62.7 Å². The fourth-order valence-electron chi connectivity index (χ4n) is 2.61. The van der Waals surface area contributed by atoms with Gasteiger partial charge in [0.05, 0.1) is 24.3 Å². The van der Waals surface area contributed by atoms with E-state index in [0.717, 1.165) is 32.6 Å². The predicted octanol–water partition coefficient (Wildman–Crippen LogP) is 3.95. The molecule has 0 saturated carbocycles. The molecule has 132 valence electrons. The molecule has 0 heterocycles.